The molecule has 4 nitrogen and oxygen atoms in total. The van der Waals surface area contributed by atoms with Crippen molar-refractivity contribution in [1.29, 1.82) is 0 Å². The highest BCUT2D eigenvalue weighted by Crippen LogP contribution is 2.21. The van der Waals surface area contributed by atoms with E-state index in [9.17, 15) is 4.79 Å². The third-order valence-electron chi connectivity index (χ3n) is 3.98. The van der Waals surface area contributed by atoms with Gasteiger partial charge in [0.15, 0.2) is 0 Å². The highest BCUT2D eigenvalue weighted by Gasteiger charge is 2.32. The van der Waals surface area contributed by atoms with E-state index < -0.39 is 5.41 Å². The average Bonchev–Trinajstić information content (AvgIpc) is 2.48. The number of carbonyl (C=O) groups excluding carboxylic acids is 1. The van der Waals surface area contributed by atoms with Gasteiger partial charge in [0.25, 0.3) is 0 Å². The van der Waals surface area contributed by atoms with Crippen LogP contribution in [0, 0.1) is 5.41 Å². The maximum Gasteiger partial charge on any atom is 0.313 e. The molecule has 0 aromatic heterocycles. The second kappa shape index (κ2) is 7.05. The van der Waals surface area contributed by atoms with Gasteiger partial charge in [-0.25, -0.2) is 0 Å². The van der Waals surface area contributed by atoms with Crippen LogP contribution in [0.25, 0.3) is 0 Å². The first-order valence-corrected chi connectivity index (χ1v) is 7.59. The summed E-state index contributed by atoms with van der Waals surface area (Å²) in [6.45, 7) is 9.22. The monoisotopic (exact) mass is 290 g/mol. The average molecular weight is 290 g/mol. The topological polar surface area (TPSA) is 32.8 Å². The van der Waals surface area contributed by atoms with Crippen molar-refractivity contribution in [2.45, 2.75) is 20.5 Å². The minimum absolute atomic E-state index is 0.120. The molecule has 2 rings (SSSR count). The number of piperazine rings is 1. The first-order chi connectivity index (χ1) is 9.97. The Morgan fingerprint density at radius 2 is 1.76 bits per heavy atom. The Hall–Kier alpha value is -1.39. The largest absolute Gasteiger partial charge is 0.460 e. The van der Waals surface area contributed by atoms with Gasteiger partial charge in [0, 0.05) is 32.7 Å². The van der Waals surface area contributed by atoms with Crippen LogP contribution in [-0.2, 0) is 16.1 Å². The minimum atomic E-state index is -0.468. The lowest BCUT2D eigenvalue weighted by Crippen LogP contribution is -2.49. The zero-order valence-electron chi connectivity index (χ0n) is 13.3. The third-order valence-corrected chi connectivity index (χ3v) is 3.98. The zero-order valence-corrected chi connectivity index (χ0v) is 13.3. The molecule has 1 aromatic carbocycles. The van der Waals surface area contributed by atoms with Crippen LogP contribution in [0.1, 0.15) is 19.4 Å². The molecule has 1 saturated heterocycles. The molecule has 0 bridgehead atoms. The maximum absolute atomic E-state index is 12.3. The highest BCUT2D eigenvalue weighted by atomic mass is 16.5. The molecule has 0 amide bonds. The lowest BCUT2D eigenvalue weighted by molar-refractivity contribution is -0.156. The van der Waals surface area contributed by atoms with Gasteiger partial charge >= 0.3 is 5.97 Å². The predicted molar refractivity (Wildman–Crippen MR) is 84.0 cm³/mol. The lowest BCUT2D eigenvalue weighted by atomic mass is 9.92. The van der Waals surface area contributed by atoms with Gasteiger partial charge < -0.3 is 9.64 Å². The first kappa shape index (κ1) is 16.0. The van der Waals surface area contributed by atoms with Crippen molar-refractivity contribution >= 4 is 5.97 Å². The molecule has 4 heteroatoms. The van der Waals surface area contributed by atoms with Gasteiger partial charge in [-0.2, -0.15) is 0 Å². The van der Waals surface area contributed by atoms with Crippen LogP contribution in [0.4, 0.5) is 0 Å². The molecule has 1 aliphatic heterocycles. The Balaban J connectivity index is 1.82. The van der Waals surface area contributed by atoms with Gasteiger partial charge in [-0.15, -0.1) is 0 Å². The summed E-state index contributed by atoms with van der Waals surface area (Å²) in [6.07, 6.45) is 0. The van der Waals surface area contributed by atoms with Crippen LogP contribution < -0.4 is 0 Å². The number of hydrogen-bond acceptors (Lipinski definition) is 4. The number of benzene rings is 1. The number of esters is 1. The van der Waals surface area contributed by atoms with E-state index in [1.165, 1.54) is 0 Å². The third kappa shape index (κ3) is 4.83. The summed E-state index contributed by atoms with van der Waals surface area (Å²) >= 11 is 0. The molecule has 1 heterocycles. The Kier molecular flexibility index (Phi) is 5.37. The van der Waals surface area contributed by atoms with Crippen molar-refractivity contribution in [3.05, 3.63) is 35.9 Å². The van der Waals surface area contributed by atoms with Crippen LogP contribution in [0.5, 0.6) is 0 Å². The van der Waals surface area contributed by atoms with Crippen molar-refractivity contribution in [3.8, 4) is 0 Å². The van der Waals surface area contributed by atoms with E-state index in [-0.39, 0.29) is 5.97 Å². The van der Waals surface area contributed by atoms with Gasteiger partial charge in [-0.05, 0) is 26.5 Å². The molecular formula is C17H26N2O2. The summed E-state index contributed by atoms with van der Waals surface area (Å²) in [5.41, 5.74) is 0.561. The van der Waals surface area contributed by atoms with Crippen LogP contribution in [0.2, 0.25) is 0 Å². The maximum atomic E-state index is 12.3. The standard InChI is InChI=1S/C17H26N2O2/c1-17(2,14-19-11-9-18(3)10-12-19)16(20)21-13-15-7-5-4-6-8-15/h4-8H,9-14H2,1-3H3. The molecule has 0 unspecified atom stereocenters. The summed E-state index contributed by atoms with van der Waals surface area (Å²) in [7, 11) is 2.14. The second-order valence-electron chi connectivity index (χ2n) is 6.53. The molecule has 0 atom stereocenters. The number of nitrogens with zero attached hydrogens (tertiary/aromatic N) is 2. The second-order valence-corrected chi connectivity index (χ2v) is 6.53. The molecule has 116 valence electrons. The van der Waals surface area contributed by atoms with Crippen molar-refractivity contribution in [2.24, 2.45) is 5.41 Å². The molecule has 1 fully saturated rings. The summed E-state index contributed by atoms with van der Waals surface area (Å²) in [4.78, 5) is 17.0. The quantitative estimate of drug-likeness (QED) is 0.777. The van der Waals surface area contributed by atoms with Crippen LogP contribution in [-0.4, -0.2) is 55.5 Å². The van der Waals surface area contributed by atoms with Crippen LogP contribution in [0.3, 0.4) is 0 Å². The fourth-order valence-electron chi connectivity index (χ4n) is 2.55. The fourth-order valence-corrected chi connectivity index (χ4v) is 2.55. The van der Waals surface area contributed by atoms with Gasteiger partial charge in [0.2, 0.25) is 0 Å². The molecule has 0 aliphatic carbocycles. The SMILES string of the molecule is CN1CCN(CC(C)(C)C(=O)OCc2ccccc2)CC1. The predicted octanol–water partition coefficient (Wildman–Crippen LogP) is 2.00. The highest BCUT2D eigenvalue weighted by molar-refractivity contribution is 5.76. The van der Waals surface area contributed by atoms with E-state index in [0.29, 0.717) is 6.61 Å². The summed E-state index contributed by atoms with van der Waals surface area (Å²) in [5, 5.41) is 0. The molecule has 0 saturated carbocycles. The Bertz CT molecular complexity index is 451. The number of hydrogen-bond donors (Lipinski definition) is 0. The van der Waals surface area contributed by atoms with Gasteiger partial charge in [0.1, 0.15) is 6.61 Å². The van der Waals surface area contributed by atoms with E-state index in [1.807, 2.05) is 44.2 Å². The molecule has 1 aromatic rings. The molecule has 0 radical (unpaired) electrons. The van der Waals surface area contributed by atoms with E-state index in [4.69, 9.17) is 4.74 Å². The van der Waals surface area contributed by atoms with E-state index >= 15 is 0 Å². The number of rotatable bonds is 5. The van der Waals surface area contributed by atoms with Gasteiger partial charge in [-0.1, -0.05) is 30.3 Å². The van der Waals surface area contributed by atoms with Gasteiger partial charge in [0.05, 0.1) is 5.41 Å². The van der Waals surface area contributed by atoms with Crippen molar-refractivity contribution in [2.75, 3.05) is 39.8 Å². The molecule has 0 spiro atoms. The lowest BCUT2D eigenvalue weighted by Gasteiger charge is -2.36. The Morgan fingerprint density at radius 1 is 1.14 bits per heavy atom. The first-order valence-electron chi connectivity index (χ1n) is 7.59. The van der Waals surface area contributed by atoms with E-state index in [0.717, 1.165) is 38.3 Å². The summed E-state index contributed by atoms with van der Waals surface area (Å²) in [6, 6.07) is 9.82. The molecule has 0 N–H and O–H groups in total. The van der Waals surface area contributed by atoms with Crippen LogP contribution >= 0.6 is 0 Å². The van der Waals surface area contributed by atoms with E-state index in [1.54, 1.807) is 0 Å². The van der Waals surface area contributed by atoms with Crippen molar-refractivity contribution in [1.82, 2.24) is 9.80 Å². The van der Waals surface area contributed by atoms with Crippen LogP contribution in [0.15, 0.2) is 30.3 Å². The minimum Gasteiger partial charge on any atom is -0.460 e. The number of likely N-dealkylation sites (N-methyl/N-ethyl adjacent to an activating group) is 1. The number of carbonyl (C=O) groups is 1. The van der Waals surface area contributed by atoms with Gasteiger partial charge in [-0.3, -0.25) is 9.69 Å². The molecular weight excluding hydrogens is 264 g/mol. The summed E-state index contributed by atoms with van der Waals surface area (Å²) in [5.74, 6) is -0.120. The van der Waals surface area contributed by atoms with Crippen molar-refractivity contribution < 1.29 is 9.53 Å². The van der Waals surface area contributed by atoms with Crippen molar-refractivity contribution in [3.63, 3.8) is 0 Å². The van der Waals surface area contributed by atoms with E-state index in [2.05, 4.69) is 16.8 Å². The molecule has 1 aliphatic rings. The number of ether oxygens (including phenoxy) is 1. The zero-order chi connectivity index (χ0) is 15.3. The Morgan fingerprint density at radius 3 is 2.38 bits per heavy atom. The normalized spacial score (nSPS) is 17.7. The Labute approximate surface area is 127 Å². The molecule has 21 heavy (non-hydrogen) atoms. The smallest absolute Gasteiger partial charge is 0.313 e. The summed E-state index contributed by atoms with van der Waals surface area (Å²) < 4.78 is 5.48. The fraction of sp³-hybridized carbons (Fsp3) is 0.588.